The van der Waals surface area contributed by atoms with Crippen LogP contribution in [0.4, 0.5) is 0 Å². The first-order chi connectivity index (χ1) is 11.3. The van der Waals surface area contributed by atoms with Gasteiger partial charge in [0.05, 0.1) is 6.10 Å². The Morgan fingerprint density at radius 2 is 1.96 bits per heavy atom. The summed E-state index contributed by atoms with van der Waals surface area (Å²) in [6.07, 6.45) is 7.97. The molecule has 7 atom stereocenters. The molecule has 3 saturated carbocycles. The molecular weight excluding hydrogens is 300 g/mol. The fourth-order valence-corrected chi connectivity index (χ4v) is 7.35. The fourth-order valence-electron chi connectivity index (χ4n) is 7.35. The summed E-state index contributed by atoms with van der Waals surface area (Å²) in [4.78, 5) is 24.0. The number of allylic oxidation sites excluding steroid dienone is 1. The molecule has 0 bridgehead atoms. The maximum atomic E-state index is 12.2. The van der Waals surface area contributed by atoms with E-state index in [-0.39, 0.29) is 34.6 Å². The van der Waals surface area contributed by atoms with Gasteiger partial charge in [0.25, 0.3) is 0 Å². The van der Waals surface area contributed by atoms with Crippen molar-refractivity contribution in [2.45, 2.75) is 71.8 Å². The number of rotatable bonds is 1. The van der Waals surface area contributed by atoms with Gasteiger partial charge in [0, 0.05) is 12.3 Å². The Balaban J connectivity index is 1.72. The summed E-state index contributed by atoms with van der Waals surface area (Å²) < 4.78 is 0. The van der Waals surface area contributed by atoms with Crippen molar-refractivity contribution in [3.05, 3.63) is 11.6 Å². The van der Waals surface area contributed by atoms with E-state index in [1.807, 2.05) is 6.08 Å². The van der Waals surface area contributed by atoms with Crippen molar-refractivity contribution < 1.29 is 14.7 Å². The highest BCUT2D eigenvalue weighted by Gasteiger charge is 2.62. The number of fused-ring (bicyclic) bond motifs is 5. The van der Waals surface area contributed by atoms with Crippen LogP contribution in [0.2, 0.25) is 0 Å². The Morgan fingerprint density at radius 1 is 1.21 bits per heavy atom. The maximum Gasteiger partial charge on any atom is 0.155 e. The van der Waals surface area contributed by atoms with Crippen molar-refractivity contribution in [1.29, 1.82) is 0 Å². The number of hydrogen-bond donors (Lipinski definition) is 1. The van der Waals surface area contributed by atoms with Crippen LogP contribution in [0.15, 0.2) is 11.6 Å². The second-order valence-electron chi connectivity index (χ2n) is 9.41. The first-order valence-corrected chi connectivity index (χ1v) is 9.70. The summed E-state index contributed by atoms with van der Waals surface area (Å²) in [5.41, 5.74) is 1.23. The minimum Gasteiger partial charge on any atom is -0.393 e. The van der Waals surface area contributed by atoms with Crippen LogP contribution in [0.5, 0.6) is 0 Å². The molecule has 0 unspecified atom stereocenters. The first kappa shape index (κ1) is 16.5. The highest BCUT2D eigenvalue weighted by Crippen LogP contribution is 2.66. The number of hydrogen-bond acceptors (Lipinski definition) is 3. The van der Waals surface area contributed by atoms with Gasteiger partial charge in [-0.25, -0.2) is 0 Å². The number of Topliss-reactive ketones (excluding diaryl/α,β-unsaturated/α-hetero) is 1. The molecule has 0 aromatic rings. The average molecular weight is 330 g/mol. The molecule has 0 heterocycles. The average Bonchev–Trinajstić information content (AvgIpc) is 2.84. The summed E-state index contributed by atoms with van der Waals surface area (Å²) in [6, 6.07) is 0. The molecule has 0 amide bonds. The van der Waals surface area contributed by atoms with E-state index >= 15 is 0 Å². The van der Waals surface area contributed by atoms with Crippen molar-refractivity contribution >= 4 is 11.6 Å². The summed E-state index contributed by atoms with van der Waals surface area (Å²) in [5.74, 6) is 1.99. The van der Waals surface area contributed by atoms with Crippen LogP contribution in [-0.4, -0.2) is 22.8 Å². The predicted molar refractivity (Wildman–Crippen MR) is 92.3 cm³/mol. The largest absolute Gasteiger partial charge is 0.393 e. The molecule has 0 spiro atoms. The summed E-state index contributed by atoms with van der Waals surface area (Å²) in [7, 11) is 0. The molecule has 1 N–H and O–H groups in total. The fraction of sp³-hybridized carbons (Fsp3) is 0.810. The molecule has 4 aliphatic rings. The molecule has 24 heavy (non-hydrogen) atoms. The molecule has 0 aromatic heterocycles. The molecule has 0 aromatic carbocycles. The van der Waals surface area contributed by atoms with Crippen LogP contribution in [0.3, 0.4) is 0 Å². The number of ketones is 2. The third kappa shape index (κ3) is 2.06. The van der Waals surface area contributed by atoms with Gasteiger partial charge in [-0.3, -0.25) is 9.59 Å². The van der Waals surface area contributed by atoms with Gasteiger partial charge in [-0.2, -0.15) is 0 Å². The molecule has 0 aliphatic heterocycles. The van der Waals surface area contributed by atoms with E-state index in [0.717, 1.165) is 38.5 Å². The Bertz CT molecular complexity index is 621. The highest BCUT2D eigenvalue weighted by molar-refractivity contribution is 5.91. The Hall–Kier alpha value is -0.960. The standard InChI is InChI=1S/C21H30O3/c1-12(22)16-6-7-17-15-5-4-13-10-14(23)8-9-20(13,2)19(15)18(24)11-21(16,17)3/h10,15-19,24H,4-9,11H2,1-3H3/t15-,16-,17-,18+,19+,20-,21+/m0/s1. The van der Waals surface area contributed by atoms with Crippen LogP contribution in [0.1, 0.15) is 65.7 Å². The monoisotopic (exact) mass is 330 g/mol. The lowest BCUT2D eigenvalue weighted by molar-refractivity contribution is -0.143. The highest BCUT2D eigenvalue weighted by atomic mass is 16.3. The quantitative estimate of drug-likeness (QED) is 0.797. The molecule has 4 rings (SSSR count). The molecule has 132 valence electrons. The summed E-state index contributed by atoms with van der Waals surface area (Å²) in [6.45, 7) is 6.27. The number of carbonyl (C=O) groups excluding carboxylic acids is 2. The van der Waals surface area contributed by atoms with Gasteiger partial charge >= 0.3 is 0 Å². The van der Waals surface area contributed by atoms with Crippen LogP contribution >= 0.6 is 0 Å². The normalized spacial score (nSPS) is 50.6. The van der Waals surface area contributed by atoms with Crippen LogP contribution in [0.25, 0.3) is 0 Å². The molecule has 3 fully saturated rings. The maximum absolute atomic E-state index is 12.2. The van der Waals surface area contributed by atoms with Crippen molar-refractivity contribution in [2.75, 3.05) is 0 Å². The molecule has 0 saturated heterocycles. The number of aliphatic hydroxyl groups excluding tert-OH is 1. The summed E-state index contributed by atoms with van der Waals surface area (Å²) in [5, 5.41) is 11.2. The van der Waals surface area contributed by atoms with Crippen molar-refractivity contribution in [2.24, 2.45) is 34.5 Å². The molecule has 4 aliphatic carbocycles. The molecular formula is C21H30O3. The van der Waals surface area contributed by atoms with Crippen molar-refractivity contribution in [3.63, 3.8) is 0 Å². The van der Waals surface area contributed by atoms with E-state index in [2.05, 4.69) is 13.8 Å². The van der Waals surface area contributed by atoms with Gasteiger partial charge in [-0.05, 0) is 80.1 Å². The molecule has 3 nitrogen and oxygen atoms in total. The zero-order chi connectivity index (χ0) is 17.3. The third-order valence-corrected chi connectivity index (χ3v) is 8.38. The first-order valence-electron chi connectivity index (χ1n) is 9.70. The minimum absolute atomic E-state index is 0.0219. The smallest absolute Gasteiger partial charge is 0.155 e. The molecule has 3 heteroatoms. The number of aliphatic hydroxyl groups is 1. The van der Waals surface area contributed by atoms with Crippen molar-refractivity contribution in [1.82, 2.24) is 0 Å². The van der Waals surface area contributed by atoms with Gasteiger partial charge < -0.3 is 5.11 Å². The van der Waals surface area contributed by atoms with E-state index in [0.29, 0.717) is 24.0 Å². The van der Waals surface area contributed by atoms with Gasteiger partial charge in [0.1, 0.15) is 5.78 Å². The van der Waals surface area contributed by atoms with Gasteiger partial charge in [0.15, 0.2) is 5.78 Å². The topological polar surface area (TPSA) is 54.4 Å². The van der Waals surface area contributed by atoms with E-state index in [9.17, 15) is 14.7 Å². The Kier molecular flexibility index (Phi) is 3.62. The second kappa shape index (κ2) is 5.27. The van der Waals surface area contributed by atoms with Crippen LogP contribution in [-0.2, 0) is 9.59 Å². The lowest BCUT2D eigenvalue weighted by atomic mass is 9.46. The van der Waals surface area contributed by atoms with Gasteiger partial charge in [-0.15, -0.1) is 0 Å². The Labute approximate surface area is 144 Å². The number of carbonyl (C=O) groups is 2. The molecule has 0 radical (unpaired) electrons. The third-order valence-electron chi connectivity index (χ3n) is 8.38. The second-order valence-corrected chi connectivity index (χ2v) is 9.41. The van der Waals surface area contributed by atoms with Crippen molar-refractivity contribution in [3.8, 4) is 0 Å². The van der Waals surface area contributed by atoms with Crippen LogP contribution in [0, 0.1) is 34.5 Å². The van der Waals surface area contributed by atoms with Gasteiger partial charge in [-0.1, -0.05) is 19.4 Å². The zero-order valence-corrected chi connectivity index (χ0v) is 15.2. The minimum atomic E-state index is -0.349. The lowest BCUT2D eigenvalue weighted by Gasteiger charge is -2.59. The Morgan fingerprint density at radius 3 is 2.67 bits per heavy atom. The van der Waals surface area contributed by atoms with Crippen LogP contribution < -0.4 is 0 Å². The van der Waals surface area contributed by atoms with E-state index in [1.165, 1.54) is 5.57 Å². The zero-order valence-electron chi connectivity index (χ0n) is 15.2. The SMILES string of the molecule is CC(=O)[C@@H]1CC[C@H]2[C@@H]3CCC4=CC(=O)CC[C@]4(C)[C@H]3[C@H](O)C[C@]12C. The van der Waals surface area contributed by atoms with E-state index < -0.39 is 0 Å². The van der Waals surface area contributed by atoms with E-state index in [4.69, 9.17) is 0 Å². The summed E-state index contributed by atoms with van der Waals surface area (Å²) >= 11 is 0. The van der Waals surface area contributed by atoms with E-state index in [1.54, 1.807) is 6.92 Å². The predicted octanol–water partition coefficient (Wildman–Crippen LogP) is 3.69. The van der Waals surface area contributed by atoms with Gasteiger partial charge in [0.2, 0.25) is 0 Å². The lowest BCUT2D eigenvalue weighted by Crippen LogP contribution is -2.56.